The van der Waals surface area contributed by atoms with E-state index in [1.54, 1.807) is 0 Å². The molecule has 1 heterocycles. The number of methoxy groups -OCH3 is 3. The number of likely N-dealkylation sites (tertiary alicyclic amines) is 1. The third kappa shape index (κ3) is 3.67. The number of benzene rings is 1. The number of ether oxygens (including phenoxy) is 3. The van der Waals surface area contributed by atoms with Gasteiger partial charge in [-0.25, -0.2) is 4.79 Å². The lowest BCUT2D eigenvalue weighted by Gasteiger charge is -2.32. The maximum absolute atomic E-state index is 12.6. The normalized spacial score (nSPS) is 16.9. The average molecular weight is 351 g/mol. The van der Waals surface area contributed by atoms with Crippen LogP contribution in [-0.2, 0) is 9.59 Å². The Morgan fingerprint density at radius 2 is 1.64 bits per heavy atom. The van der Waals surface area contributed by atoms with Gasteiger partial charge in [0.1, 0.15) is 6.04 Å². The van der Waals surface area contributed by atoms with E-state index >= 15 is 0 Å². The molecule has 0 spiro atoms. The number of piperidine rings is 1. The van der Waals surface area contributed by atoms with Gasteiger partial charge in [0.15, 0.2) is 11.5 Å². The molecule has 0 radical (unpaired) electrons. The zero-order chi connectivity index (χ0) is 18.6. The summed E-state index contributed by atoms with van der Waals surface area (Å²) in [4.78, 5) is 37.7. The van der Waals surface area contributed by atoms with Gasteiger partial charge in [-0.2, -0.15) is 0 Å². The highest BCUT2D eigenvalue weighted by molar-refractivity contribution is 6.43. The molecule has 0 saturated carbocycles. The molecule has 8 heteroatoms. The molecular weight excluding hydrogens is 330 g/mol. The van der Waals surface area contributed by atoms with E-state index in [1.807, 2.05) is 0 Å². The van der Waals surface area contributed by atoms with E-state index in [-0.39, 0.29) is 23.6 Å². The van der Waals surface area contributed by atoms with Crippen molar-refractivity contribution in [3.05, 3.63) is 17.7 Å². The minimum Gasteiger partial charge on any atom is -0.493 e. The molecule has 0 aromatic heterocycles. The summed E-state index contributed by atoms with van der Waals surface area (Å²) in [7, 11) is 4.23. The van der Waals surface area contributed by atoms with E-state index in [0.29, 0.717) is 25.0 Å². The van der Waals surface area contributed by atoms with E-state index in [1.165, 1.54) is 33.5 Å². The smallest absolute Gasteiger partial charge is 0.326 e. The van der Waals surface area contributed by atoms with E-state index in [4.69, 9.17) is 14.2 Å². The topological polar surface area (TPSA) is 102 Å². The number of carboxylic acid groups (broad SMARTS) is 1. The quantitative estimate of drug-likeness (QED) is 0.610. The molecule has 1 N–H and O–H groups in total. The molecule has 136 valence electrons. The number of hydrogen-bond donors (Lipinski definition) is 1. The predicted molar refractivity (Wildman–Crippen MR) is 87.4 cm³/mol. The van der Waals surface area contributed by atoms with Gasteiger partial charge in [-0.05, 0) is 31.4 Å². The zero-order valence-electron chi connectivity index (χ0n) is 14.4. The van der Waals surface area contributed by atoms with Crippen molar-refractivity contribution in [1.82, 2.24) is 4.90 Å². The summed E-state index contributed by atoms with van der Waals surface area (Å²) in [6, 6.07) is 1.77. The van der Waals surface area contributed by atoms with Crippen LogP contribution >= 0.6 is 0 Å². The third-order valence-corrected chi connectivity index (χ3v) is 4.17. The Balaban J connectivity index is 2.36. The molecule has 0 unspecified atom stereocenters. The Kier molecular flexibility index (Phi) is 5.84. The third-order valence-electron chi connectivity index (χ3n) is 4.17. The van der Waals surface area contributed by atoms with Crippen molar-refractivity contribution < 1.29 is 33.7 Å². The molecule has 1 amide bonds. The molecule has 8 nitrogen and oxygen atoms in total. The number of nitrogens with zero attached hydrogens (tertiary/aromatic N) is 1. The van der Waals surface area contributed by atoms with Crippen molar-refractivity contribution >= 4 is 17.7 Å². The van der Waals surface area contributed by atoms with Gasteiger partial charge in [-0.3, -0.25) is 9.59 Å². The Hall–Kier alpha value is -2.77. The van der Waals surface area contributed by atoms with Crippen LogP contribution in [0, 0.1) is 0 Å². The Labute approximate surface area is 145 Å². The molecular formula is C17H21NO7. The van der Waals surface area contributed by atoms with Gasteiger partial charge in [0.2, 0.25) is 5.75 Å². The van der Waals surface area contributed by atoms with Crippen molar-refractivity contribution in [2.45, 2.75) is 25.3 Å². The molecule has 1 aliphatic rings. The molecule has 1 aliphatic heterocycles. The summed E-state index contributed by atoms with van der Waals surface area (Å²) < 4.78 is 15.5. The van der Waals surface area contributed by atoms with Crippen molar-refractivity contribution in [1.29, 1.82) is 0 Å². The summed E-state index contributed by atoms with van der Waals surface area (Å²) in [5.74, 6) is -1.98. The van der Waals surface area contributed by atoms with Crippen LogP contribution in [0.25, 0.3) is 0 Å². The van der Waals surface area contributed by atoms with Crippen LogP contribution in [0.2, 0.25) is 0 Å². The molecule has 0 aliphatic carbocycles. The summed E-state index contributed by atoms with van der Waals surface area (Å²) in [6.45, 7) is 0.242. The summed E-state index contributed by atoms with van der Waals surface area (Å²) in [5, 5.41) is 9.28. The Morgan fingerprint density at radius 1 is 1.04 bits per heavy atom. The fraction of sp³-hybridized carbons (Fsp3) is 0.471. The molecule has 1 aromatic carbocycles. The van der Waals surface area contributed by atoms with Gasteiger partial charge in [0.25, 0.3) is 11.7 Å². The van der Waals surface area contributed by atoms with Crippen LogP contribution in [0.3, 0.4) is 0 Å². The fourth-order valence-electron chi connectivity index (χ4n) is 2.90. The first kappa shape index (κ1) is 18.6. The van der Waals surface area contributed by atoms with Crippen LogP contribution in [0.1, 0.15) is 29.6 Å². The van der Waals surface area contributed by atoms with E-state index < -0.39 is 23.7 Å². The largest absolute Gasteiger partial charge is 0.493 e. The van der Waals surface area contributed by atoms with Crippen LogP contribution < -0.4 is 14.2 Å². The van der Waals surface area contributed by atoms with Gasteiger partial charge in [-0.15, -0.1) is 0 Å². The highest BCUT2D eigenvalue weighted by Gasteiger charge is 2.35. The second-order valence-electron chi connectivity index (χ2n) is 5.59. The maximum Gasteiger partial charge on any atom is 0.326 e. The van der Waals surface area contributed by atoms with Crippen molar-refractivity contribution in [3.63, 3.8) is 0 Å². The number of Topliss-reactive ketones (excluding diaryl/α,β-unsaturated/α-hetero) is 1. The zero-order valence-corrected chi connectivity index (χ0v) is 14.4. The van der Waals surface area contributed by atoms with Crippen molar-refractivity contribution in [2.75, 3.05) is 27.9 Å². The highest BCUT2D eigenvalue weighted by atomic mass is 16.5. The standard InChI is InChI=1S/C17H21NO7/c1-23-12-8-10(9-13(24-2)15(12)25-3)14(19)16(20)18-7-5-4-6-11(18)17(21)22/h8-9,11H,4-7H2,1-3H3,(H,21,22)/t11-/m1/s1. The van der Waals surface area contributed by atoms with Crippen LogP contribution in [0.15, 0.2) is 12.1 Å². The van der Waals surface area contributed by atoms with Gasteiger partial charge in [0.05, 0.1) is 21.3 Å². The number of hydrogen-bond acceptors (Lipinski definition) is 6. The van der Waals surface area contributed by atoms with Gasteiger partial charge in [-0.1, -0.05) is 0 Å². The van der Waals surface area contributed by atoms with Gasteiger partial charge >= 0.3 is 5.97 Å². The second kappa shape index (κ2) is 7.87. The van der Waals surface area contributed by atoms with Crippen LogP contribution in [0.4, 0.5) is 0 Å². The van der Waals surface area contributed by atoms with Crippen LogP contribution in [0.5, 0.6) is 17.2 Å². The Bertz CT molecular complexity index is 661. The van der Waals surface area contributed by atoms with Crippen molar-refractivity contribution in [3.8, 4) is 17.2 Å². The summed E-state index contributed by atoms with van der Waals surface area (Å²) in [5.41, 5.74) is 0.0502. The van der Waals surface area contributed by atoms with Gasteiger partial charge in [0, 0.05) is 12.1 Å². The predicted octanol–water partition coefficient (Wildman–Crippen LogP) is 1.36. The first-order chi connectivity index (χ1) is 11.9. The van der Waals surface area contributed by atoms with E-state index in [2.05, 4.69) is 0 Å². The molecule has 1 saturated heterocycles. The first-order valence-corrected chi connectivity index (χ1v) is 7.82. The number of carbonyl (C=O) groups is 3. The van der Waals surface area contributed by atoms with Crippen LogP contribution in [-0.4, -0.2) is 61.6 Å². The molecule has 1 aromatic rings. The number of carboxylic acids is 1. The molecule has 25 heavy (non-hydrogen) atoms. The number of ketones is 1. The molecule has 2 rings (SSSR count). The number of aliphatic carboxylic acids is 1. The van der Waals surface area contributed by atoms with Gasteiger partial charge < -0.3 is 24.2 Å². The highest BCUT2D eigenvalue weighted by Crippen LogP contribution is 2.38. The van der Waals surface area contributed by atoms with E-state index in [0.717, 1.165) is 4.90 Å². The fourth-order valence-corrected chi connectivity index (χ4v) is 2.90. The molecule has 1 atom stereocenters. The lowest BCUT2D eigenvalue weighted by molar-refractivity contribution is -0.150. The molecule has 0 bridgehead atoms. The van der Waals surface area contributed by atoms with E-state index in [9.17, 15) is 19.5 Å². The number of amides is 1. The monoisotopic (exact) mass is 351 g/mol. The first-order valence-electron chi connectivity index (χ1n) is 7.82. The lowest BCUT2D eigenvalue weighted by atomic mass is 10.00. The minimum absolute atomic E-state index is 0.0502. The SMILES string of the molecule is COc1cc(C(=O)C(=O)N2CCCC[C@@H]2C(=O)O)cc(OC)c1OC. The number of carbonyl (C=O) groups excluding carboxylic acids is 2. The van der Waals surface area contributed by atoms with Crippen molar-refractivity contribution in [2.24, 2.45) is 0 Å². The minimum atomic E-state index is -1.11. The summed E-state index contributed by atoms with van der Waals surface area (Å²) in [6.07, 6.45) is 1.71. The summed E-state index contributed by atoms with van der Waals surface area (Å²) >= 11 is 0. The molecule has 1 fully saturated rings. The number of rotatable bonds is 6. The second-order valence-corrected chi connectivity index (χ2v) is 5.59. The Morgan fingerprint density at radius 3 is 2.12 bits per heavy atom. The average Bonchev–Trinajstić information content (AvgIpc) is 2.65. The maximum atomic E-state index is 12.6. The lowest BCUT2D eigenvalue weighted by Crippen LogP contribution is -2.50.